The zero-order valence-corrected chi connectivity index (χ0v) is 17.4. The third kappa shape index (κ3) is 4.23. The Bertz CT molecular complexity index is 1200. The van der Waals surface area contributed by atoms with Crippen LogP contribution in [0.4, 0.5) is 9.52 Å². The first kappa shape index (κ1) is 20.2. The number of ketones is 1. The van der Waals surface area contributed by atoms with Crippen molar-refractivity contribution in [3.05, 3.63) is 80.0 Å². The van der Waals surface area contributed by atoms with E-state index in [1.54, 1.807) is 18.3 Å². The number of carbonyl (C=O) groups is 2. The topological polar surface area (TPSA) is 91.9 Å². The molecule has 0 fully saturated rings. The largest absolute Gasteiger partial charge is 0.325 e. The highest BCUT2D eigenvalue weighted by atomic mass is 32.1. The van der Waals surface area contributed by atoms with E-state index in [0.717, 1.165) is 10.4 Å². The highest BCUT2D eigenvalue weighted by Crippen LogP contribution is 2.33. The second-order valence-electron chi connectivity index (χ2n) is 8.23. The van der Waals surface area contributed by atoms with Crippen molar-refractivity contribution in [1.29, 1.82) is 0 Å². The third-order valence-corrected chi connectivity index (χ3v) is 5.94. The maximum absolute atomic E-state index is 13.0. The third-order valence-electron chi connectivity index (χ3n) is 5.03. The first-order valence-electron chi connectivity index (χ1n) is 9.50. The highest BCUT2D eigenvalue weighted by molar-refractivity contribution is 7.15. The lowest BCUT2D eigenvalue weighted by Gasteiger charge is -2.29. The molecule has 0 radical (unpaired) electrons. The van der Waals surface area contributed by atoms with Crippen molar-refractivity contribution in [3.63, 3.8) is 0 Å². The lowest BCUT2D eigenvalue weighted by atomic mass is 9.75. The van der Waals surface area contributed by atoms with Crippen LogP contribution in [0.2, 0.25) is 0 Å². The molecule has 6 nitrogen and oxygen atoms in total. The number of aromatic amines is 1. The molecule has 0 unspecified atom stereocenters. The van der Waals surface area contributed by atoms with Crippen LogP contribution in [-0.4, -0.2) is 21.7 Å². The van der Waals surface area contributed by atoms with Crippen LogP contribution in [0.1, 0.15) is 57.1 Å². The van der Waals surface area contributed by atoms with Crippen LogP contribution in [0.25, 0.3) is 0 Å². The molecular formula is C22H20FN3O3S. The van der Waals surface area contributed by atoms with Crippen molar-refractivity contribution in [2.45, 2.75) is 33.1 Å². The van der Waals surface area contributed by atoms with Gasteiger partial charge in [-0.2, -0.15) is 0 Å². The summed E-state index contributed by atoms with van der Waals surface area (Å²) in [5.74, 6) is -0.991. The molecule has 1 aliphatic rings. The van der Waals surface area contributed by atoms with Crippen LogP contribution in [0.5, 0.6) is 0 Å². The summed E-state index contributed by atoms with van der Waals surface area (Å²) in [6.07, 6.45) is 3.13. The number of carbonyl (C=O) groups excluding carboxylic acids is 2. The SMILES string of the molecule is CC1(C)CC(=O)c2cc(C(=O)Nc3ncc(Cc4ccc(F)cc4)s3)c(=O)[nH]c2C1. The summed E-state index contributed by atoms with van der Waals surface area (Å²) in [5, 5.41) is 2.98. The number of fused-ring (bicyclic) bond motifs is 1. The molecule has 0 bridgehead atoms. The number of nitrogens with zero attached hydrogens (tertiary/aromatic N) is 1. The van der Waals surface area contributed by atoms with Gasteiger partial charge in [0.1, 0.15) is 11.4 Å². The van der Waals surface area contributed by atoms with Crippen LogP contribution in [-0.2, 0) is 12.8 Å². The van der Waals surface area contributed by atoms with E-state index in [1.807, 2.05) is 13.8 Å². The molecule has 154 valence electrons. The Hall–Kier alpha value is -3.13. The Labute approximate surface area is 176 Å². The summed E-state index contributed by atoms with van der Waals surface area (Å²) in [6.45, 7) is 3.94. The van der Waals surface area contributed by atoms with Crippen molar-refractivity contribution in [3.8, 4) is 0 Å². The summed E-state index contributed by atoms with van der Waals surface area (Å²) in [5.41, 5.74) is 1.03. The fourth-order valence-electron chi connectivity index (χ4n) is 3.61. The van der Waals surface area contributed by atoms with Gasteiger partial charge in [-0.25, -0.2) is 9.37 Å². The van der Waals surface area contributed by atoms with Gasteiger partial charge in [-0.3, -0.25) is 19.7 Å². The number of nitrogens with one attached hydrogen (secondary N) is 2. The van der Waals surface area contributed by atoms with Gasteiger partial charge in [-0.05, 0) is 35.6 Å². The molecule has 1 aliphatic carbocycles. The number of anilines is 1. The molecular weight excluding hydrogens is 405 g/mol. The van der Waals surface area contributed by atoms with Crippen LogP contribution >= 0.6 is 11.3 Å². The second kappa shape index (κ2) is 7.60. The van der Waals surface area contributed by atoms with E-state index >= 15 is 0 Å². The fraction of sp³-hybridized carbons (Fsp3) is 0.273. The van der Waals surface area contributed by atoms with Crippen LogP contribution in [0.3, 0.4) is 0 Å². The molecule has 0 aliphatic heterocycles. The average molecular weight is 425 g/mol. The van der Waals surface area contributed by atoms with E-state index in [9.17, 15) is 18.8 Å². The van der Waals surface area contributed by atoms with E-state index in [2.05, 4.69) is 15.3 Å². The Balaban J connectivity index is 1.51. The Morgan fingerprint density at radius 1 is 1.23 bits per heavy atom. The number of thiazole rings is 1. The number of hydrogen-bond acceptors (Lipinski definition) is 5. The maximum atomic E-state index is 13.0. The van der Waals surface area contributed by atoms with Crippen LogP contribution < -0.4 is 10.9 Å². The Kier molecular flexibility index (Phi) is 5.11. The van der Waals surface area contributed by atoms with Crippen molar-refractivity contribution in [2.75, 3.05) is 5.32 Å². The van der Waals surface area contributed by atoms with Gasteiger partial charge in [0.2, 0.25) is 0 Å². The summed E-state index contributed by atoms with van der Waals surface area (Å²) in [7, 11) is 0. The standard InChI is InChI=1S/C22H20FN3O3S/c1-22(2)9-17-15(18(27)10-22)8-16(19(28)25-17)20(29)26-21-24-11-14(30-21)7-12-3-5-13(23)6-4-12/h3-6,8,11H,7,9-10H2,1-2H3,(H,25,28)(H,24,26,29). The van der Waals surface area contributed by atoms with Gasteiger partial charge in [0.25, 0.3) is 11.5 Å². The molecule has 2 N–H and O–H groups in total. The summed E-state index contributed by atoms with van der Waals surface area (Å²) < 4.78 is 13.0. The molecule has 0 saturated heterocycles. The number of aromatic nitrogens is 2. The van der Waals surface area contributed by atoms with Gasteiger partial charge in [0, 0.05) is 35.2 Å². The van der Waals surface area contributed by atoms with E-state index in [4.69, 9.17) is 0 Å². The quantitative estimate of drug-likeness (QED) is 0.662. The number of rotatable bonds is 4. The number of H-pyrrole nitrogens is 1. The van der Waals surface area contributed by atoms with Gasteiger partial charge in [-0.1, -0.05) is 26.0 Å². The van der Waals surface area contributed by atoms with Crippen LogP contribution in [0, 0.1) is 11.2 Å². The van der Waals surface area contributed by atoms with Gasteiger partial charge in [0.05, 0.1) is 0 Å². The summed E-state index contributed by atoms with van der Waals surface area (Å²) in [6, 6.07) is 7.55. The van der Waals surface area contributed by atoms with E-state index in [1.165, 1.54) is 29.5 Å². The number of hydrogen-bond donors (Lipinski definition) is 2. The summed E-state index contributed by atoms with van der Waals surface area (Å²) in [4.78, 5) is 45.3. The second-order valence-corrected chi connectivity index (χ2v) is 9.35. The number of pyridine rings is 1. The maximum Gasteiger partial charge on any atom is 0.263 e. The Morgan fingerprint density at radius 2 is 1.97 bits per heavy atom. The zero-order valence-electron chi connectivity index (χ0n) is 16.5. The molecule has 8 heteroatoms. The normalized spacial score (nSPS) is 15.0. The van der Waals surface area contributed by atoms with E-state index < -0.39 is 11.5 Å². The molecule has 30 heavy (non-hydrogen) atoms. The van der Waals surface area contributed by atoms with Gasteiger partial charge >= 0.3 is 0 Å². The molecule has 0 saturated carbocycles. The Morgan fingerprint density at radius 3 is 2.70 bits per heavy atom. The summed E-state index contributed by atoms with van der Waals surface area (Å²) >= 11 is 1.27. The van der Waals surface area contributed by atoms with Crippen molar-refractivity contribution in [2.24, 2.45) is 5.41 Å². The molecule has 0 spiro atoms. The van der Waals surface area contributed by atoms with Crippen molar-refractivity contribution >= 4 is 28.2 Å². The average Bonchev–Trinajstić information content (AvgIpc) is 3.08. The molecule has 1 amide bonds. The zero-order chi connectivity index (χ0) is 21.5. The molecule has 2 heterocycles. The predicted molar refractivity (Wildman–Crippen MR) is 113 cm³/mol. The van der Waals surface area contributed by atoms with Gasteiger partial charge in [0.15, 0.2) is 10.9 Å². The van der Waals surface area contributed by atoms with Gasteiger partial charge in [-0.15, -0.1) is 11.3 Å². The highest BCUT2D eigenvalue weighted by Gasteiger charge is 2.32. The first-order chi connectivity index (χ1) is 14.2. The van der Waals surface area contributed by atoms with Crippen molar-refractivity contribution < 1.29 is 14.0 Å². The minimum atomic E-state index is -0.612. The first-order valence-corrected chi connectivity index (χ1v) is 10.3. The van der Waals surface area contributed by atoms with E-state index in [-0.39, 0.29) is 22.6 Å². The fourth-order valence-corrected chi connectivity index (χ4v) is 4.45. The predicted octanol–water partition coefficient (Wildman–Crippen LogP) is 3.97. The molecule has 2 aromatic heterocycles. The molecule has 3 aromatic rings. The van der Waals surface area contributed by atoms with E-state index in [0.29, 0.717) is 35.7 Å². The lowest BCUT2D eigenvalue weighted by Crippen LogP contribution is -2.32. The molecule has 0 atom stereocenters. The monoisotopic (exact) mass is 425 g/mol. The van der Waals surface area contributed by atoms with Crippen molar-refractivity contribution in [1.82, 2.24) is 9.97 Å². The van der Waals surface area contributed by atoms with Crippen LogP contribution in [0.15, 0.2) is 41.3 Å². The van der Waals surface area contributed by atoms with Gasteiger partial charge < -0.3 is 4.98 Å². The number of amides is 1. The number of halogens is 1. The smallest absolute Gasteiger partial charge is 0.263 e. The molecule has 4 rings (SSSR count). The number of Topliss-reactive ketones (excluding diaryl/α,β-unsaturated/α-hetero) is 1. The molecule has 1 aromatic carbocycles. The minimum absolute atomic E-state index is 0.0811. The number of benzene rings is 1. The lowest BCUT2D eigenvalue weighted by molar-refractivity contribution is 0.0910. The minimum Gasteiger partial charge on any atom is -0.325 e.